The summed E-state index contributed by atoms with van der Waals surface area (Å²) in [5.74, 6) is 1.04. The molecular weight excluding hydrogens is 282 g/mol. The van der Waals surface area contributed by atoms with Gasteiger partial charge in [0.25, 0.3) is 0 Å². The fourth-order valence-electron chi connectivity index (χ4n) is 2.57. The summed E-state index contributed by atoms with van der Waals surface area (Å²) in [5, 5.41) is 12.3. The van der Waals surface area contributed by atoms with E-state index in [0.717, 1.165) is 12.3 Å². The molecule has 1 fully saturated rings. The van der Waals surface area contributed by atoms with Gasteiger partial charge in [-0.2, -0.15) is 17.0 Å². The third kappa shape index (κ3) is 3.78. The van der Waals surface area contributed by atoms with Crippen LogP contribution >= 0.6 is 11.8 Å². The number of nitrogens with zero attached hydrogens (tertiary/aromatic N) is 2. The number of nitrogens with one attached hydrogen (secondary N) is 1. The number of carbonyl (C=O) groups is 1. The first kappa shape index (κ1) is 15.9. The molecule has 1 aliphatic rings. The summed E-state index contributed by atoms with van der Waals surface area (Å²) in [6.45, 7) is 7.27. The van der Waals surface area contributed by atoms with Crippen LogP contribution in [0.4, 0.5) is 5.69 Å². The number of anilines is 1. The second kappa shape index (κ2) is 6.97. The quantitative estimate of drug-likeness (QED) is 0.933. The highest BCUT2D eigenvalue weighted by atomic mass is 32.2. The molecule has 3 atom stereocenters. The number of benzene rings is 1. The molecule has 1 saturated heterocycles. The first-order valence-corrected chi connectivity index (χ1v) is 8.26. The highest BCUT2D eigenvalue weighted by Gasteiger charge is 2.31. The molecule has 0 aliphatic carbocycles. The monoisotopic (exact) mass is 303 g/mol. The Morgan fingerprint density at radius 1 is 1.52 bits per heavy atom. The molecule has 1 N–H and O–H groups in total. The molecule has 1 aliphatic heterocycles. The second-order valence-corrected chi connectivity index (χ2v) is 6.90. The number of hydrogen-bond donors (Lipinski definition) is 1. The van der Waals surface area contributed by atoms with E-state index in [1.165, 1.54) is 0 Å². The van der Waals surface area contributed by atoms with Crippen LogP contribution in [0.2, 0.25) is 0 Å². The molecule has 1 heterocycles. The lowest BCUT2D eigenvalue weighted by molar-refractivity contribution is -0.121. The molecule has 3 unspecified atom stereocenters. The SMILES string of the molecule is CC1SCCN(C(C)C(=O)Nc2cccc(C#N)c2)C1C. The van der Waals surface area contributed by atoms with Gasteiger partial charge in [0.2, 0.25) is 5.91 Å². The van der Waals surface area contributed by atoms with Crippen LogP contribution in [-0.2, 0) is 4.79 Å². The minimum Gasteiger partial charge on any atom is -0.325 e. The summed E-state index contributed by atoms with van der Waals surface area (Å²) in [6.07, 6.45) is 0. The van der Waals surface area contributed by atoms with E-state index in [0.29, 0.717) is 22.5 Å². The molecule has 21 heavy (non-hydrogen) atoms. The average molecular weight is 303 g/mol. The Labute approximate surface area is 130 Å². The van der Waals surface area contributed by atoms with Gasteiger partial charge in [0, 0.05) is 29.3 Å². The predicted molar refractivity (Wildman–Crippen MR) is 87.3 cm³/mol. The normalized spacial score (nSPS) is 24.1. The van der Waals surface area contributed by atoms with E-state index in [1.807, 2.05) is 24.8 Å². The van der Waals surface area contributed by atoms with Crippen LogP contribution in [0.3, 0.4) is 0 Å². The van der Waals surface area contributed by atoms with Crippen LogP contribution in [0.5, 0.6) is 0 Å². The number of thioether (sulfide) groups is 1. The molecule has 112 valence electrons. The first-order chi connectivity index (χ1) is 10.0. The Morgan fingerprint density at radius 2 is 2.29 bits per heavy atom. The minimum absolute atomic E-state index is 0.0176. The topological polar surface area (TPSA) is 56.1 Å². The Bertz CT molecular complexity index is 555. The zero-order chi connectivity index (χ0) is 15.4. The van der Waals surface area contributed by atoms with Crippen molar-refractivity contribution in [1.82, 2.24) is 4.90 Å². The molecule has 2 rings (SSSR count). The van der Waals surface area contributed by atoms with Crippen LogP contribution in [-0.4, -0.2) is 40.4 Å². The van der Waals surface area contributed by atoms with Gasteiger partial charge in [-0.15, -0.1) is 0 Å². The Hall–Kier alpha value is -1.51. The third-order valence-corrected chi connectivity index (χ3v) is 5.41. The van der Waals surface area contributed by atoms with Gasteiger partial charge >= 0.3 is 0 Å². The molecule has 1 aromatic rings. The summed E-state index contributed by atoms with van der Waals surface area (Å²) in [4.78, 5) is 14.7. The van der Waals surface area contributed by atoms with Crippen LogP contribution in [0.15, 0.2) is 24.3 Å². The van der Waals surface area contributed by atoms with Crippen LogP contribution < -0.4 is 5.32 Å². The maximum atomic E-state index is 12.4. The molecule has 0 spiro atoms. The van der Waals surface area contributed by atoms with Crippen LogP contribution in [0, 0.1) is 11.3 Å². The summed E-state index contributed by atoms with van der Waals surface area (Å²) >= 11 is 1.96. The van der Waals surface area contributed by atoms with Crippen molar-refractivity contribution >= 4 is 23.4 Å². The van der Waals surface area contributed by atoms with E-state index in [2.05, 4.69) is 30.1 Å². The van der Waals surface area contributed by atoms with Gasteiger partial charge in [0.05, 0.1) is 17.7 Å². The predicted octanol–water partition coefficient (Wildman–Crippen LogP) is 2.71. The number of hydrogen-bond acceptors (Lipinski definition) is 4. The summed E-state index contributed by atoms with van der Waals surface area (Å²) < 4.78 is 0. The van der Waals surface area contributed by atoms with Crippen molar-refractivity contribution in [3.8, 4) is 6.07 Å². The Kier molecular flexibility index (Phi) is 5.27. The van der Waals surface area contributed by atoms with Crippen molar-refractivity contribution in [2.45, 2.75) is 38.1 Å². The molecule has 0 bridgehead atoms. The van der Waals surface area contributed by atoms with E-state index in [-0.39, 0.29) is 11.9 Å². The molecule has 1 aromatic carbocycles. The van der Waals surface area contributed by atoms with Crippen LogP contribution in [0.25, 0.3) is 0 Å². The summed E-state index contributed by atoms with van der Waals surface area (Å²) in [6, 6.07) is 9.31. The Balaban J connectivity index is 2.03. The fraction of sp³-hybridized carbons (Fsp3) is 0.500. The average Bonchev–Trinajstić information content (AvgIpc) is 2.49. The van der Waals surface area contributed by atoms with Gasteiger partial charge < -0.3 is 5.32 Å². The maximum Gasteiger partial charge on any atom is 0.241 e. The molecule has 0 saturated carbocycles. The highest BCUT2D eigenvalue weighted by Crippen LogP contribution is 2.26. The van der Waals surface area contributed by atoms with Gasteiger partial charge in [-0.05, 0) is 32.0 Å². The molecule has 4 nitrogen and oxygen atoms in total. The van der Waals surface area contributed by atoms with E-state index in [1.54, 1.807) is 18.2 Å². The molecule has 1 amide bonds. The van der Waals surface area contributed by atoms with Crippen molar-refractivity contribution in [2.75, 3.05) is 17.6 Å². The third-order valence-electron chi connectivity index (χ3n) is 4.07. The van der Waals surface area contributed by atoms with Crippen LogP contribution in [0.1, 0.15) is 26.3 Å². The van der Waals surface area contributed by atoms with Gasteiger partial charge in [-0.3, -0.25) is 9.69 Å². The molecule has 5 heteroatoms. The lowest BCUT2D eigenvalue weighted by Crippen LogP contribution is -2.53. The lowest BCUT2D eigenvalue weighted by atomic mass is 10.1. The van der Waals surface area contributed by atoms with E-state index < -0.39 is 0 Å². The lowest BCUT2D eigenvalue weighted by Gasteiger charge is -2.40. The van der Waals surface area contributed by atoms with Gasteiger partial charge in [-0.25, -0.2) is 0 Å². The number of amides is 1. The molecular formula is C16H21N3OS. The van der Waals surface area contributed by atoms with Crippen molar-refractivity contribution in [3.05, 3.63) is 29.8 Å². The standard InChI is InChI=1S/C16H21N3OS/c1-11-13(3)21-8-7-19(11)12(2)16(20)18-15-6-4-5-14(9-15)10-17/h4-6,9,11-13H,7-8H2,1-3H3,(H,18,20). The highest BCUT2D eigenvalue weighted by molar-refractivity contribution is 8.00. The second-order valence-electron chi connectivity index (χ2n) is 5.41. The van der Waals surface area contributed by atoms with E-state index >= 15 is 0 Å². The number of carbonyl (C=O) groups excluding carboxylic acids is 1. The van der Waals surface area contributed by atoms with Gasteiger partial charge in [0.15, 0.2) is 0 Å². The van der Waals surface area contributed by atoms with Crippen molar-refractivity contribution < 1.29 is 4.79 Å². The molecule has 0 radical (unpaired) electrons. The zero-order valence-electron chi connectivity index (χ0n) is 12.7. The minimum atomic E-state index is -0.172. The first-order valence-electron chi connectivity index (χ1n) is 7.21. The zero-order valence-corrected chi connectivity index (χ0v) is 13.5. The fourth-order valence-corrected chi connectivity index (χ4v) is 3.69. The maximum absolute atomic E-state index is 12.4. The van der Waals surface area contributed by atoms with E-state index in [4.69, 9.17) is 5.26 Å². The number of nitriles is 1. The van der Waals surface area contributed by atoms with E-state index in [9.17, 15) is 4.79 Å². The van der Waals surface area contributed by atoms with Gasteiger partial charge in [0.1, 0.15) is 0 Å². The van der Waals surface area contributed by atoms with Crippen molar-refractivity contribution in [1.29, 1.82) is 5.26 Å². The number of rotatable bonds is 3. The van der Waals surface area contributed by atoms with Crippen molar-refractivity contribution in [3.63, 3.8) is 0 Å². The largest absolute Gasteiger partial charge is 0.325 e. The van der Waals surface area contributed by atoms with Gasteiger partial charge in [-0.1, -0.05) is 13.0 Å². The smallest absolute Gasteiger partial charge is 0.241 e. The summed E-state index contributed by atoms with van der Waals surface area (Å²) in [7, 11) is 0. The Morgan fingerprint density at radius 3 is 3.00 bits per heavy atom. The van der Waals surface area contributed by atoms with Crippen molar-refractivity contribution in [2.24, 2.45) is 0 Å². The summed E-state index contributed by atoms with van der Waals surface area (Å²) in [5.41, 5.74) is 1.23. The molecule has 0 aromatic heterocycles.